The summed E-state index contributed by atoms with van der Waals surface area (Å²) in [7, 11) is 0. The Morgan fingerprint density at radius 2 is 2.12 bits per heavy atom. The Morgan fingerprint density at radius 1 is 1.44 bits per heavy atom. The average Bonchev–Trinajstić information content (AvgIpc) is 2.95. The number of thiazole rings is 1. The van der Waals surface area contributed by atoms with Gasteiger partial charge in [0.1, 0.15) is 5.71 Å². The van der Waals surface area contributed by atoms with E-state index in [1.165, 1.54) is 30.4 Å². The van der Waals surface area contributed by atoms with Crippen LogP contribution in [0.25, 0.3) is 6.08 Å². The number of nitrogens with one attached hydrogen (secondary N) is 3. The van der Waals surface area contributed by atoms with Crippen molar-refractivity contribution >= 4 is 39.9 Å². The monoisotopic (exact) mass is 362 g/mol. The Labute approximate surface area is 148 Å². The first kappa shape index (κ1) is 18.5. The molecule has 6 N–H and O–H groups in total. The van der Waals surface area contributed by atoms with Gasteiger partial charge in [-0.25, -0.2) is 10.2 Å². The van der Waals surface area contributed by atoms with Crippen molar-refractivity contribution in [2.24, 2.45) is 10.9 Å². The normalized spacial score (nSPS) is 13.0. The predicted octanol–water partition coefficient (Wildman–Crippen LogP) is 0.694. The van der Waals surface area contributed by atoms with Crippen molar-refractivity contribution < 1.29 is 15.2 Å². The maximum absolute atomic E-state index is 10.9. The summed E-state index contributed by atoms with van der Waals surface area (Å²) in [6.07, 6.45) is 3.50. The second-order valence-corrected chi connectivity index (χ2v) is 6.01. The zero-order chi connectivity index (χ0) is 18.4. The standard InChI is InChI=1S/C15H18N6O3S/c1-9-14(25-15(17-9)20-19-10(2)22)13(18-16)8-5-11-3-6-12(7-4-11)21(23)24/h3-8,21,23H,16H2,1-2H3,(H,17,20)(H,19,22)/b8-5+,18-13-. The molecule has 2 aromatic rings. The molecule has 9 nitrogen and oxygen atoms in total. The number of rotatable bonds is 6. The molecule has 25 heavy (non-hydrogen) atoms. The SMILES string of the molecule is CC(=O)NNc1nc(C)c(C(/C=C/c2ccc([NH+]([O-])O)cc2)=N\N)s1. The average molecular weight is 362 g/mol. The molecular weight excluding hydrogens is 344 g/mol. The Hall–Kier alpha value is -2.79. The van der Waals surface area contributed by atoms with Crippen LogP contribution in [0.3, 0.4) is 0 Å². The molecular formula is C15H18N6O3S. The highest BCUT2D eigenvalue weighted by atomic mass is 32.1. The van der Waals surface area contributed by atoms with Crippen LogP contribution in [0.4, 0.5) is 10.8 Å². The number of hydrazine groups is 1. The molecule has 0 spiro atoms. The van der Waals surface area contributed by atoms with E-state index in [2.05, 4.69) is 20.9 Å². The third-order valence-electron chi connectivity index (χ3n) is 3.11. The number of nitrogens with zero attached hydrogens (tertiary/aromatic N) is 2. The van der Waals surface area contributed by atoms with E-state index in [1.807, 2.05) is 6.92 Å². The molecule has 0 aliphatic heterocycles. The number of quaternary nitrogens is 1. The van der Waals surface area contributed by atoms with E-state index in [9.17, 15) is 10.0 Å². The van der Waals surface area contributed by atoms with Crippen LogP contribution in [0.5, 0.6) is 0 Å². The number of hydrazone groups is 1. The first-order valence-electron chi connectivity index (χ1n) is 7.20. The summed E-state index contributed by atoms with van der Waals surface area (Å²) in [6, 6.07) is 6.43. The predicted molar refractivity (Wildman–Crippen MR) is 96.3 cm³/mol. The fourth-order valence-corrected chi connectivity index (χ4v) is 2.81. The fraction of sp³-hybridized carbons (Fsp3) is 0.133. The molecule has 1 aromatic heterocycles. The quantitative estimate of drug-likeness (QED) is 0.291. The van der Waals surface area contributed by atoms with Gasteiger partial charge < -0.3 is 11.0 Å². The molecule has 1 aromatic carbocycles. The van der Waals surface area contributed by atoms with E-state index in [0.29, 0.717) is 16.5 Å². The first-order chi connectivity index (χ1) is 11.9. The number of hydrogen-bond acceptors (Lipinski definition) is 8. The van der Waals surface area contributed by atoms with Crippen molar-refractivity contribution in [1.82, 2.24) is 10.4 Å². The number of aromatic nitrogens is 1. The van der Waals surface area contributed by atoms with Gasteiger partial charge in [-0.3, -0.25) is 15.6 Å². The zero-order valence-electron chi connectivity index (χ0n) is 13.6. The van der Waals surface area contributed by atoms with Gasteiger partial charge in [0.05, 0.1) is 10.6 Å². The number of anilines is 1. The van der Waals surface area contributed by atoms with Gasteiger partial charge in [-0.2, -0.15) is 10.3 Å². The van der Waals surface area contributed by atoms with Crippen molar-refractivity contribution in [3.8, 4) is 0 Å². The van der Waals surface area contributed by atoms with Gasteiger partial charge in [0, 0.05) is 19.1 Å². The summed E-state index contributed by atoms with van der Waals surface area (Å²) >= 11 is 1.30. The summed E-state index contributed by atoms with van der Waals surface area (Å²) in [6.45, 7) is 3.20. The van der Waals surface area contributed by atoms with Crippen molar-refractivity contribution in [2.45, 2.75) is 13.8 Å². The second kappa shape index (κ2) is 8.35. The number of carbonyl (C=O) groups is 1. The third kappa shape index (κ3) is 5.09. The molecule has 0 radical (unpaired) electrons. The fourth-order valence-electron chi connectivity index (χ4n) is 1.92. The molecule has 0 bridgehead atoms. The number of amides is 1. The van der Waals surface area contributed by atoms with Crippen LogP contribution in [-0.2, 0) is 4.79 Å². The van der Waals surface area contributed by atoms with E-state index in [0.717, 1.165) is 10.4 Å². The summed E-state index contributed by atoms with van der Waals surface area (Å²) in [5.41, 5.74) is 7.43. The molecule has 1 atom stereocenters. The molecule has 0 saturated heterocycles. The molecule has 1 amide bonds. The zero-order valence-corrected chi connectivity index (χ0v) is 14.4. The summed E-state index contributed by atoms with van der Waals surface area (Å²) in [5.74, 6) is 5.25. The number of nitrogens with two attached hydrogens (primary N) is 1. The lowest BCUT2D eigenvalue weighted by atomic mass is 10.1. The first-order valence-corrected chi connectivity index (χ1v) is 8.02. The van der Waals surface area contributed by atoms with Crippen LogP contribution < -0.4 is 21.9 Å². The molecule has 0 aliphatic carbocycles. The Balaban J connectivity index is 2.15. The number of allylic oxidation sites excluding steroid dienone is 1. The Kier molecular flexibility index (Phi) is 6.19. The molecule has 0 fully saturated rings. The minimum absolute atomic E-state index is 0.219. The topological polar surface area (TPSA) is 140 Å². The van der Waals surface area contributed by atoms with Crippen molar-refractivity contribution in [3.63, 3.8) is 0 Å². The second-order valence-electron chi connectivity index (χ2n) is 5.01. The third-order valence-corrected chi connectivity index (χ3v) is 4.20. The maximum atomic E-state index is 10.9. The molecule has 132 valence electrons. The van der Waals surface area contributed by atoms with Crippen LogP contribution in [0.1, 0.15) is 23.1 Å². The van der Waals surface area contributed by atoms with Gasteiger partial charge in [-0.05, 0) is 30.7 Å². The van der Waals surface area contributed by atoms with E-state index < -0.39 is 5.23 Å². The molecule has 0 aliphatic rings. The minimum atomic E-state index is -0.973. The number of aryl methyl sites for hydroxylation is 1. The number of carbonyl (C=O) groups excluding carboxylic acids is 1. The lowest BCUT2D eigenvalue weighted by molar-refractivity contribution is -0.991. The van der Waals surface area contributed by atoms with E-state index >= 15 is 0 Å². The van der Waals surface area contributed by atoms with E-state index in [-0.39, 0.29) is 11.6 Å². The number of benzene rings is 1. The summed E-state index contributed by atoms with van der Waals surface area (Å²) in [4.78, 5) is 16.0. The highest BCUT2D eigenvalue weighted by Crippen LogP contribution is 2.23. The van der Waals surface area contributed by atoms with Crippen LogP contribution >= 0.6 is 11.3 Å². The highest BCUT2D eigenvalue weighted by molar-refractivity contribution is 7.17. The molecule has 0 saturated carbocycles. The van der Waals surface area contributed by atoms with Crippen LogP contribution in [0.2, 0.25) is 0 Å². The lowest BCUT2D eigenvalue weighted by Crippen LogP contribution is -2.99. The molecule has 10 heteroatoms. The van der Waals surface area contributed by atoms with Crippen LogP contribution in [0, 0.1) is 12.1 Å². The van der Waals surface area contributed by atoms with E-state index in [4.69, 9.17) is 11.0 Å². The number of hydrogen-bond donors (Lipinski definition) is 5. The summed E-state index contributed by atoms with van der Waals surface area (Å²) in [5, 5.41) is 23.1. The van der Waals surface area contributed by atoms with Crippen molar-refractivity contribution in [1.29, 1.82) is 0 Å². The molecule has 1 unspecified atom stereocenters. The van der Waals surface area contributed by atoms with Gasteiger partial charge in [0.15, 0.2) is 5.69 Å². The molecule has 1 heterocycles. The van der Waals surface area contributed by atoms with Crippen molar-refractivity contribution in [2.75, 3.05) is 5.43 Å². The lowest BCUT2D eigenvalue weighted by Gasteiger charge is -2.10. The smallest absolute Gasteiger partial charge is 0.235 e. The maximum Gasteiger partial charge on any atom is 0.235 e. The van der Waals surface area contributed by atoms with Gasteiger partial charge in [-0.15, -0.1) is 0 Å². The van der Waals surface area contributed by atoms with Crippen molar-refractivity contribution in [3.05, 3.63) is 51.7 Å². The van der Waals surface area contributed by atoms with Gasteiger partial charge >= 0.3 is 0 Å². The largest absolute Gasteiger partial charge is 0.595 e. The summed E-state index contributed by atoms with van der Waals surface area (Å²) < 4.78 is 0. The minimum Gasteiger partial charge on any atom is -0.595 e. The Bertz CT molecular complexity index is 798. The van der Waals surface area contributed by atoms with Gasteiger partial charge in [-0.1, -0.05) is 17.4 Å². The molecule has 2 rings (SSSR count). The van der Waals surface area contributed by atoms with E-state index in [1.54, 1.807) is 24.3 Å². The van der Waals surface area contributed by atoms with Crippen LogP contribution in [-0.4, -0.2) is 21.8 Å². The van der Waals surface area contributed by atoms with Gasteiger partial charge in [0.25, 0.3) is 0 Å². The van der Waals surface area contributed by atoms with Crippen LogP contribution in [0.15, 0.2) is 35.4 Å². The Morgan fingerprint density at radius 3 is 2.68 bits per heavy atom. The highest BCUT2D eigenvalue weighted by Gasteiger charge is 2.12. The van der Waals surface area contributed by atoms with Gasteiger partial charge in [0.2, 0.25) is 11.0 Å².